The molecule has 0 atom stereocenters. The van der Waals surface area contributed by atoms with Gasteiger partial charge in [0.25, 0.3) is 0 Å². The topological polar surface area (TPSA) is 79.4 Å². The lowest BCUT2D eigenvalue weighted by Crippen LogP contribution is -2.42. The van der Waals surface area contributed by atoms with Crippen LogP contribution < -0.4 is 5.32 Å². The van der Waals surface area contributed by atoms with E-state index in [1.165, 1.54) is 18.5 Å². The van der Waals surface area contributed by atoms with Gasteiger partial charge in [-0.25, -0.2) is 8.42 Å². The lowest BCUT2D eigenvalue weighted by molar-refractivity contribution is -0.121. The molecule has 0 fully saturated rings. The Balaban J connectivity index is 2.96. The van der Waals surface area contributed by atoms with Gasteiger partial charge in [0.1, 0.15) is 4.90 Å². The van der Waals surface area contributed by atoms with Gasteiger partial charge in [-0.2, -0.15) is 4.31 Å². The van der Waals surface area contributed by atoms with Crippen molar-refractivity contribution in [3.05, 3.63) is 22.9 Å². The van der Waals surface area contributed by atoms with Gasteiger partial charge >= 0.3 is 0 Å². The number of carbonyl (C=O) groups is 1. The predicted octanol–water partition coefficient (Wildman–Crippen LogP) is 1.38. The minimum absolute atomic E-state index is 0.0311. The summed E-state index contributed by atoms with van der Waals surface area (Å²) >= 11 is 3.18. The van der Waals surface area contributed by atoms with Crippen molar-refractivity contribution in [3.8, 4) is 0 Å². The van der Waals surface area contributed by atoms with Gasteiger partial charge in [0, 0.05) is 29.5 Å². The van der Waals surface area contributed by atoms with Gasteiger partial charge in [-0.1, -0.05) is 6.92 Å². The van der Waals surface area contributed by atoms with E-state index in [4.69, 9.17) is 0 Å². The van der Waals surface area contributed by atoms with Gasteiger partial charge in [-0.05, 0) is 35.8 Å². The third kappa shape index (κ3) is 4.53. The van der Waals surface area contributed by atoms with Crippen LogP contribution >= 0.6 is 15.9 Å². The summed E-state index contributed by atoms with van der Waals surface area (Å²) < 4.78 is 26.5. The third-order valence-electron chi connectivity index (χ3n) is 2.44. The second kappa shape index (κ2) is 7.14. The van der Waals surface area contributed by atoms with Crippen LogP contribution in [0.2, 0.25) is 0 Å². The Labute approximate surface area is 127 Å². The maximum absolute atomic E-state index is 12.4. The Morgan fingerprint density at radius 2 is 2.10 bits per heavy atom. The number of sulfonamides is 1. The zero-order chi connectivity index (χ0) is 15.3. The normalized spacial score (nSPS) is 11.9. The number of hydrogen-bond acceptors (Lipinski definition) is 4. The standard InChI is InChI=1S/C12H18BrN3O3S/c1-4-16(8-12(17)15-9(2)3)20(18,19)11-5-10(13)6-14-7-11/h5-7,9H,4,8H2,1-3H3,(H,15,17). The highest BCUT2D eigenvalue weighted by Gasteiger charge is 2.25. The molecule has 112 valence electrons. The minimum Gasteiger partial charge on any atom is -0.353 e. The maximum Gasteiger partial charge on any atom is 0.245 e. The predicted molar refractivity (Wildman–Crippen MR) is 79.6 cm³/mol. The smallest absolute Gasteiger partial charge is 0.245 e. The Kier molecular flexibility index (Phi) is 6.09. The van der Waals surface area contributed by atoms with Crippen molar-refractivity contribution in [2.75, 3.05) is 13.1 Å². The number of likely N-dealkylation sites (N-methyl/N-ethyl adjacent to an activating group) is 1. The van der Waals surface area contributed by atoms with Crippen molar-refractivity contribution in [2.45, 2.75) is 31.7 Å². The molecule has 0 saturated carbocycles. The van der Waals surface area contributed by atoms with Crippen LogP contribution in [0.3, 0.4) is 0 Å². The van der Waals surface area contributed by atoms with Gasteiger partial charge in [0.05, 0.1) is 6.54 Å². The Bertz CT molecular complexity index is 575. The van der Waals surface area contributed by atoms with E-state index in [9.17, 15) is 13.2 Å². The average molecular weight is 364 g/mol. The molecule has 0 aliphatic heterocycles. The zero-order valence-corrected chi connectivity index (χ0v) is 14.0. The van der Waals surface area contributed by atoms with Gasteiger partial charge in [-0.15, -0.1) is 0 Å². The maximum atomic E-state index is 12.4. The second-order valence-electron chi connectivity index (χ2n) is 4.49. The van der Waals surface area contributed by atoms with Gasteiger partial charge < -0.3 is 5.32 Å². The van der Waals surface area contributed by atoms with E-state index < -0.39 is 10.0 Å². The van der Waals surface area contributed by atoms with E-state index in [2.05, 4.69) is 26.2 Å². The van der Waals surface area contributed by atoms with Crippen molar-refractivity contribution in [1.82, 2.24) is 14.6 Å². The zero-order valence-electron chi connectivity index (χ0n) is 11.6. The number of amides is 1. The van der Waals surface area contributed by atoms with Crippen molar-refractivity contribution in [1.29, 1.82) is 0 Å². The number of nitrogens with zero attached hydrogens (tertiary/aromatic N) is 2. The molecule has 0 aliphatic rings. The third-order valence-corrected chi connectivity index (χ3v) is 4.76. The lowest BCUT2D eigenvalue weighted by Gasteiger charge is -2.20. The fraction of sp³-hybridized carbons (Fsp3) is 0.500. The van der Waals surface area contributed by atoms with Crippen LogP contribution in [0.4, 0.5) is 0 Å². The van der Waals surface area contributed by atoms with E-state index in [0.29, 0.717) is 4.47 Å². The highest BCUT2D eigenvalue weighted by atomic mass is 79.9. The summed E-state index contributed by atoms with van der Waals surface area (Å²) in [6.45, 7) is 5.33. The summed E-state index contributed by atoms with van der Waals surface area (Å²) in [5, 5.41) is 2.67. The van der Waals surface area contributed by atoms with Crippen LogP contribution in [0.1, 0.15) is 20.8 Å². The molecule has 1 N–H and O–H groups in total. The molecular weight excluding hydrogens is 346 g/mol. The molecule has 0 radical (unpaired) electrons. The minimum atomic E-state index is -3.72. The van der Waals surface area contributed by atoms with Gasteiger partial charge in [-0.3, -0.25) is 9.78 Å². The van der Waals surface area contributed by atoms with Crippen LogP contribution in [0.25, 0.3) is 0 Å². The summed E-state index contributed by atoms with van der Waals surface area (Å²) in [6.07, 6.45) is 2.77. The van der Waals surface area contributed by atoms with Crippen LogP contribution in [0.15, 0.2) is 27.8 Å². The van der Waals surface area contributed by atoms with Crippen molar-refractivity contribution < 1.29 is 13.2 Å². The number of hydrogen-bond donors (Lipinski definition) is 1. The number of carbonyl (C=O) groups excluding carboxylic acids is 1. The average Bonchev–Trinajstić information content (AvgIpc) is 2.34. The van der Waals surface area contributed by atoms with Crippen LogP contribution in [0, 0.1) is 0 Å². The van der Waals surface area contributed by atoms with E-state index in [1.807, 2.05) is 13.8 Å². The molecule has 1 aromatic heterocycles. The Morgan fingerprint density at radius 1 is 1.45 bits per heavy atom. The number of aromatic nitrogens is 1. The van der Waals surface area contributed by atoms with E-state index >= 15 is 0 Å². The molecule has 0 bridgehead atoms. The summed E-state index contributed by atoms with van der Waals surface area (Å²) in [6, 6.07) is 1.43. The van der Waals surface area contributed by atoms with Crippen LogP contribution in [-0.2, 0) is 14.8 Å². The first-order valence-electron chi connectivity index (χ1n) is 6.17. The quantitative estimate of drug-likeness (QED) is 0.827. The number of pyridine rings is 1. The molecule has 8 heteroatoms. The van der Waals surface area contributed by atoms with Crippen molar-refractivity contribution in [2.24, 2.45) is 0 Å². The summed E-state index contributed by atoms with van der Waals surface area (Å²) in [5.41, 5.74) is 0. The number of halogens is 1. The van der Waals surface area contributed by atoms with E-state index in [-0.39, 0.29) is 29.9 Å². The second-order valence-corrected chi connectivity index (χ2v) is 7.35. The molecule has 0 spiro atoms. The molecule has 0 aromatic carbocycles. The van der Waals surface area contributed by atoms with E-state index in [0.717, 1.165) is 4.31 Å². The molecule has 1 rings (SSSR count). The molecule has 1 amide bonds. The first-order chi connectivity index (χ1) is 9.27. The molecule has 0 aliphatic carbocycles. The molecule has 1 heterocycles. The van der Waals surface area contributed by atoms with Crippen molar-refractivity contribution in [3.63, 3.8) is 0 Å². The number of rotatable bonds is 6. The molecular formula is C12H18BrN3O3S. The Morgan fingerprint density at radius 3 is 2.60 bits per heavy atom. The summed E-state index contributed by atoms with van der Waals surface area (Å²) in [5.74, 6) is -0.326. The molecule has 1 aromatic rings. The lowest BCUT2D eigenvalue weighted by atomic mass is 10.4. The van der Waals surface area contributed by atoms with Crippen molar-refractivity contribution >= 4 is 31.9 Å². The first kappa shape index (κ1) is 17.1. The summed E-state index contributed by atoms with van der Waals surface area (Å²) in [7, 11) is -3.72. The highest BCUT2D eigenvalue weighted by molar-refractivity contribution is 9.10. The SMILES string of the molecule is CCN(CC(=O)NC(C)C)S(=O)(=O)c1cncc(Br)c1. The Hall–Kier alpha value is -0.990. The van der Waals surface area contributed by atoms with Gasteiger partial charge in [0.15, 0.2) is 0 Å². The molecule has 0 unspecified atom stereocenters. The first-order valence-corrected chi connectivity index (χ1v) is 8.40. The fourth-order valence-corrected chi connectivity index (χ4v) is 3.49. The highest BCUT2D eigenvalue weighted by Crippen LogP contribution is 2.18. The van der Waals surface area contributed by atoms with Crippen LogP contribution in [0.5, 0.6) is 0 Å². The fourth-order valence-electron chi connectivity index (χ4n) is 1.58. The number of nitrogens with one attached hydrogen (secondary N) is 1. The van der Waals surface area contributed by atoms with Crippen LogP contribution in [-0.4, -0.2) is 42.7 Å². The summed E-state index contributed by atoms with van der Waals surface area (Å²) in [4.78, 5) is 15.6. The molecule has 6 nitrogen and oxygen atoms in total. The monoisotopic (exact) mass is 363 g/mol. The van der Waals surface area contributed by atoms with Gasteiger partial charge in [0.2, 0.25) is 15.9 Å². The van der Waals surface area contributed by atoms with E-state index in [1.54, 1.807) is 6.92 Å². The molecule has 20 heavy (non-hydrogen) atoms. The molecule has 0 saturated heterocycles. The largest absolute Gasteiger partial charge is 0.353 e.